The highest BCUT2D eigenvalue weighted by Gasteiger charge is 2.10. The van der Waals surface area contributed by atoms with Gasteiger partial charge in [-0.05, 0) is 19.8 Å². The van der Waals surface area contributed by atoms with E-state index in [2.05, 4.69) is 14.8 Å². The van der Waals surface area contributed by atoms with Gasteiger partial charge in [-0.1, -0.05) is 20.3 Å². The Morgan fingerprint density at radius 3 is 2.62 bits per heavy atom. The maximum atomic E-state index is 4.13. The van der Waals surface area contributed by atoms with E-state index in [1.54, 1.807) is 0 Å². The standard InChI is InChI=1S/C8H13N3.C2H6/c1-7-9-10-8-5-3-2-4-6-11(7)8;1-2/h2-6H2,1H3;1-2H3. The first-order chi connectivity index (χ1) is 6.38. The van der Waals surface area contributed by atoms with Crippen LogP contribution in [0, 0.1) is 6.92 Å². The smallest absolute Gasteiger partial charge is 0.132 e. The minimum absolute atomic E-state index is 1.07. The Morgan fingerprint density at radius 2 is 1.85 bits per heavy atom. The average molecular weight is 181 g/mol. The summed E-state index contributed by atoms with van der Waals surface area (Å²) in [6.45, 7) is 7.15. The highest BCUT2D eigenvalue weighted by Crippen LogP contribution is 2.13. The van der Waals surface area contributed by atoms with Gasteiger partial charge in [0.05, 0.1) is 0 Å². The molecule has 13 heavy (non-hydrogen) atoms. The molecule has 1 aliphatic heterocycles. The molecule has 0 spiro atoms. The summed E-state index contributed by atoms with van der Waals surface area (Å²) in [5.74, 6) is 2.25. The van der Waals surface area contributed by atoms with Crippen molar-refractivity contribution in [2.45, 2.75) is 53.0 Å². The molecule has 0 bridgehead atoms. The fraction of sp³-hybridized carbons (Fsp3) is 0.800. The van der Waals surface area contributed by atoms with Crippen LogP contribution in [0.4, 0.5) is 0 Å². The van der Waals surface area contributed by atoms with Crippen LogP contribution in [-0.2, 0) is 13.0 Å². The third kappa shape index (κ3) is 2.29. The maximum Gasteiger partial charge on any atom is 0.132 e. The van der Waals surface area contributed by atoms with Crippen LogP contribution >= 0.6 is 0 Å². The Kier molecular flexibility index (Phi) is 3.93. The number of nitrogens with zero attached hydrogens (tertiary/aromatic N) is 3. The van der Waals surface area contributed by atoms with Crippen LogP contribution in [0.2, 0.25) is 0 Å². The number of aromatic nitrogens is 3. The van der Waals surface area contributed by atoms with Gasteiger partial charge < -0.3 is 4.57 Å². The molecule has 0 saturated heterocycles. The fourth-order valence-electron chi connectivity index (χ4n) is 1.63. The molecular formula is C10H19N3. The first kappa shape index (κ1) is 10.2. The first-order valence-electron chi connectivity index (χ1n) is 5.26. The van der Waals surface area contributed by atoms with Gasteiger partial charge in [0, 0.05) is 13.0 Å². The molecule has 3 nitrogen and oxygen atoms in total. The molecule has 0 aromatic carbocycles. The van der Waals surface area contributed by atoms with Gasteiger partial charge in [0.2, 0.25) is 0 Å². The van der Waals surface area contributed by atoms with E-state index >= 15 is 0 Å². The molecule has 0 saturated carbocycles. The minimum Gasteiger partial charge on any atom is -0.315 e. The van der Waals surface area contributed by atoms with Crippen molar-refractivity contribution in [3.63, 3.8) is 0 Å². The molecule has 0 radical (unpaired) electrons. The molecule has 2 heterocycles. The Balaban J connectivity index is 0.000000396. The Labute approximate surface area is 80.2 Å². The number of rotatable bonds is 0. The van der Waals surface area contributed by atoms with Crippen molar-refractivity contribution in [3.8, 4) is 0 Å². The molecule has 0 aliphatic carbocycles. The van der Waals surface area contributed by atoms with Crippen molar-refractivity contribution in [3.05, 3.63) is 11.6 Å². The van der Waals surface area contributed by atoms with Crippen molar-refractivity contribution in [2.75, 3.05) is 0 Å². The number of aryl methyl sites for hydroxylation is 2. The topological polar surface area (TPSA) is 30.7 Å². The lowest BCUT2D eigenvalue weighted by atomic mass is 10.2. The van der Waals surface area contributed by atoms with Crippen molar-refractivity contribution >= 4 is 0 Å². The van der Waals surface area contributed by atoms with Gasteiger partial charge in [0.25, 0.3) is 0 Å². The molecule has 3 heteroatoms. The van der Waals surface area contributed by atoms with Crippen LogP contribution in [0.3, 0.4) is 0 Å². The van der Waals surface area contributed by atoms with Crippen molar-refractivity contribution in [1.29, 1.82) is 0 Å². The molecular weight excluding hydrogens is 162 g/mol. The quantitative estimate of drug-likeness (QED) is 0.615. The summed E-state index contributed by atoms with van der Waals surface area (Å²) >= 11 is 0. The van der Waals surface area contributed by atoms with E-state index in [1.807, 2.05) is 20.8 Å². The van der Waals surface area contributed by atoms with E-state index in [0.717, 1.165) is 18.8 Å². The summed E-state index contributed by atoms with van der Waals surface area (Å²) in [5.41, 5.74) is 0. The lowest BCUT2D eigenvalue weighted by molar-refractivity contribution is 0.619. The van der Waals surface area contributed by atoms with Crippen LogP contribution in [0.1, 0.15) is 44.8 Å². The summed E-state index contributed by atoms with van der Waals surface area (Å²) < 4.78 is 2.24. The Hall–Kier alpha value is -0.860. The third-order valence-corrected chi connectivity index (χ3v) is 2.29. The molecule has 2 rings (SSSR count). The Bertz CT molecular complexity index is 253. The predicted molar refractivity (Wildman–Crippen MR) is 53.7 cm³/mol. The normalized spacial score (nSPS) is 15.3. The van der Waals surface area contributed by atoms with Crippen molar-refractivity contribution in [2.24, 2.45) is 0 Å². The molecule has 1 aromatic heterocycles. The fourth-order valence-corrected chi connectivity index (χ4v) is 1.63. The van der Waals surface area contributed by atoms with E-state index in [0.29, 0.717) is 0 Å². The molecule has 1 aliphatic rings. The SMILES string of the molecule is CC.Cc1nnc2n1CCCCC2. The summed E-state index contributed by atoms with van der Waals surface area (Å²) in [6.07, 6.45) is 5.01. The Morgan fingerprint density at radius 1 is 1.08 bits per heavy atom. The van der Waals surface area contributed by atoms with Gasteiger partial charge in [-0.25, -0.2) is 0 Å². The monoisotopic (exact) mass is 181 g/mol. The van der Waals surface area contributed by atoms with Crippen LogP contribution in [0.15, 0.2) is 0 Å². The molecule has 74 valence electrons. The van der Waals surface area contributed by atoms with E-state index in [9.17, 15) is 0 Å². The van der Waals surface area contributed by atoms with Crippen LogP contribution in [0.25, 0.3) is 0 Å². The van der Waals surface area contributed by atoms with E-state index in [-0.39, 0.29) is 0 Å². The minimum atomic E-state index is 1.07. The van der Waals surface area contributed by atoms with Crippen LogP contribution in [-0.4, -0.2) is 14.8 Å². The van der Waals surface area contributed by atoms with E-state index in [1.165, 1.54) is 25.1 Å². The van der Waals surface area contributed by atoms with Crippen LogP contribution < -0.4 is 0 Å². The zero-order valence-electron chi connectivity index (χ0n) is 8.88. The number of fused-ring (bicyclic) bond motifs is 1. The first-order valence-corrected chi connectivity index (χ1v) is 5.26. The molecule has 0 atom stereocenters. The second-order valence-corrected chi connectivity index (χ2v) is 3.13. The summed E-state index contributed by atoms with van der Waals surface area (Å²) in [6, 6.07) is 0. The largest absolute Gasteiger partial charge is 0.315 e. The number of hydrogen-bond donors (Lipinski definition) is 0. The lowest BCUT2D eigenvalue weighted by Gasteiger charge is -2.01. The predicted octanol–water partition coefficient (Wildman–Crippen LogP) is 2.34. The van der Waals surface area contributed by atoms with Gasteiger partial charge in [0.15, 0.2) is 0 Å². The second-order valence-electron chi connectivity index (χ2n) is 3.13. The van der Waals surface area contributed by atoms with Gasteiger partial charge in [-0.2, -0.15) is 0 Å². The van der Waals surface area contributed by atoms with Gasteiger partial charge in [-0.3, -0.25) is 0 Å². The van der Waals surface area contributed by atoms with Gasteiger partial charge in [0.1, 0.15) is 11.6 Å². The van der Waals surface area contributed by atoms with Crippen molar-refractivity contribution < 1.29 is 0 Å². The van der Waals surface area contributed by atoms with Crippen LogP contribution in [0.5, 0.6) is 0 Å². The summed E-state index contributed by atoms with van der Waals surface area (Å²) in [4.78, 5) is 0. The maximum absolute atomic E-state index is 4.13. The third-order valence-electron chi connectivity index (χ3n) is 2.29. The highest BCUT2D eigenvalue weighted by molar-refractivity contribution is 4.95. The zero-order valence-corrected chi connectivity index (χ0v) is 8.88. The van der Waals surface area contributed by atoms with Gasteiger partial charge in [-0.15, -0.1) is 10.2 Å². The molecule has 0 N–H and O–H groups in total. The van der Waals surface area contributed by atoms with E-state index < -0.39 is 0 Å². The second kappa shape index (κ2) is 5.00. The highest BCUT2D eigenvalue weighted by atomic mass is 15.3. The molecule has 0 fully saturated rings. The summed E-state index contributed by atoms with van der Waals surface area (Å²) in [5, 5.41) is 8.18. The molecule has 0 unspecified atom stereocenters. The average Bonchev–Trinajstić information content (AvgIpc) is 2.44. The van der Waals surface area contributed by atoms with E-state index in [4.69, 9.17) is 0 Å². The molecule has 0 amide bonds. The lowest BCUT2D eigenvalue weighted by Crippen LogP contribution is -2.02. The number of hydrogen-bond acceptors (Lipinski definition) is 2. The van der Waals surface area contributed by atoms with Crippen molar-refractivity contribution in [1.82, 2.24) is 14.8 Å². The van der Waals surface area contributed by atoms with Gasteiger partial charge >= 0.3 is 0 Å². The zero-order chi connectivity index (χ0) is 9.68. The molecule has 1 aromatic rings. The summed E-state index contributed by atoms with van der Waals surface area (Å²) in [7, 11) is 0.